The highest BCUT2D eigenvalue weighted by Gasteiger charge is 2.25. The van der Waals surface area contributed by atoms with Crippen LogP contribution in [0.15, 0.2) is 200 Å². The topological polar surface area (TPSA) is 38.7 Å². The van der Waals surface area contributed by atoms with Crippen molar-refractivity contribution in [2.75, 3.05) is 0 Å². The summed E-state index contributed by atoms with van der Waals surface area (Å²) in [6, 6.07) is 54.3. The Bertz CT molecular complexity index is 3110. The first-order chi connectivity index (χ1) is 31.2. The number of benzene rings is 6. The van der Waals surface area contributed by atoms with Crippen molar-refractivity contribution in [3.63, 3.8) is 0 Å². The highest BCUT2D eigenvalue weighted by atomic mass is 32.1. The molecule has 0 N–H and O–H groups in total. The third-order valence-corrected chi connectivity index (χ3v) is 13.1. The molecular formula is C59H47N3S. The maximum atomic E-state index is 5.25. The van der Waals surface area contributed by atoms with E-state index in [0.717, 1.165) is 58.4 Å². The maximum Gasteiger partial charge on any atom is 0.174 e. The fourth-order valence-electron chi connectivity index (χ4n) is 8.98. The molecule has 63 heavy (non-hydrogen) atoms. The molecular weight excluding hydrogens is 783 g/mol. The SMILES string of the molecule is C/C=C(\C(=C/C)c1nc(-c2ccc(-c3cc(C4=CCCC=C4)c(C4=CCCC=C4)c(-c4ccccc4)c3-c3ccccc3)cc2)nc(-c2cc3ccccc3s2)n1)c1ccccc1. The summed E-state index contributed by atoms with van der Waals surface area (Å²) >= 11 is 1.71. The van der Waals surface area contributed by atoms with Crippen LogP contribution in [0.3, 0.4) is 0 Å². The first kappa shape index (κ1) is 39.8. The summed E-state index contributed by atoms with van der Waals surface area (Å²) in [5.74, 6) is 1.96. The summed E-state index contributed by atoms with van der Waals surface area (Å²) in [7, 11) is 0. The van der Waals surface area contributed by atoms with Crippen LogP contribution in [-0.2, 0) is 0 Å². The van der Waals surface area contributed by atoms with Gasteiger partial charge in [0.2, 0.25) is 0 Å². The molecule has 0 fully saturated rings. The smallest absolute Gasteiger partial charge is 0.174 e. The molecule has 2 aliphatic rings. The highest BCUT2D eigenvalue weighted by molar-refractivity contribution is 7.22. The molecule has 3 nitrogen and oxygen atoms in total. The molecule has 0 spiro atoms. The standard InChI is InChI=1S/C59H47N3S/c1-3-48(40-22-10-5-11-23-40)49(4-2)58-60-57(61-59(62-58)53-38-47-32-20-21-33-52(47)63-53)46-36-34-42(35-37-46)51-39-50(41-24-12-6-13-25-41)54(43-26-14-7-15-27-43)56(45-30-18-9-19-31-45)55(51)44-28-16-8-17-29-44/h3-5,8-12,14,16-39H,6-7,13,15H2,1-2H3/b48-3-,49-4+. The number of thiophene rings is 1. The van der Waals surface area contributed by atoms with Crippen molar-refractivity contribution in [2.24, 2.45) is 0 Å². The number of hydrogen-bond acceptors (Lipinski definition) is 4. The van der Waals surface area contributed by atoms with E-state index in [1.807, 2.05) is 6.07 Å². The van der Waals surface area contributed by atoms with Crippen LogP contribution in [0.25, 0.3) is 87.8 Å². The summed E-state index contributed by atoms with van der Waals surface area (Å²) in [6.45, 7) is 4.14. The van der Waals surface area contributed by atoms with Gasteiger partial charge < -0.3 is 0 Å². The van der Waals surface area contributed by atoms with Gasteiger partial charge in [-0.15, -0.1) is 11.3 Å². The van der Waals surface area contributed by atoms with Gasteiger partial charge in [-0.3, -0.25) is 0 Å². The molecule has 2 aromatic heterocycles. The van der Waals surface area contributed by atoms with Gasteiger partial charge in [0.25, 0.3) is 0 Å². The molecule has 0 atom stereocenters. The van der Waals surface area contributed by atoms with Crippen LogP contribution in [0.4, 0.5) is 0 Å². The quantitative estimate of drug-likeness (QED) is 0.129. The Morgan fingerprint density at radius 2 is 1.06 bits per heavy atom. The predicted octanol–water partition coefficient (Wildman–Crippen LogP) is 16.4. The van der Waals surface area contributed by atoms with E-state index in [1.165, 1.54) is 60.2 Å². The Labute approximate surface area is 374 Å². The Morgan fingerprint density at radius 1 is 0.476 bits per heavy atom. The predicted molar refractivity (Wildman–Crippen MR) is 269 cm³/mol. The van der Waals surface area contributed by atoms with Crippen molar-refractivity contribution in [2.45, 2.75) is 39.5 Å². The number of rotatable bonds is 10. The van der Waals surface area contributed by atoms with E-state index in [2.05, 4.69) is 208 Å². The first-order valence-electron chi connectivity index (χ1n) is 22.0. The highest BCUT2D eigenvalue weighted by Crippen LogP contribution is 2.49. The average Bonchev–Trinajstić information content (AvgIpc) is 3.81. The summed E-state index contributed by atoms with van der Waals surface area (Å²) < 4.78 is 1.20. The van der Waals surface area contributed by atoms with Gasteiger partial charge in [-0.1, -0.05) is 182 Å². The molecule has 8 aromatic rings. The lowest BCUT2D eigenvalue weighted by Gasteiger charge is -2.26. The van der Waals surface area contributed by atoms with Crippen molar-refractivity contribution >= 4 is 43.7 Å². The second kappa shape index (κ2) is 18.0. The van der Waals surface area contributed by atoms with E-state index in [4.69, 9.17) is 15.0 Å². The number of allylic oxidation sites excluding steroid dienone is 12. The lowest BCUT2D eigenvalue weighted by molar-refractivity contribution is 1.04. The molecule has 0 unspecified atom stereocenters. The molecule has 0 radical (unpaired) electrons. The minimum Gasteiger partial charge on any atom is -0.208 e. The van der Waals surface area contributed by atoms with Gasteiger partial charge in [0, 0.05) is 15.8 Å². The fourth-order valence-corrected chi connectivity index (χ4v) is 9.97. The lowest BCUT2D eigenvalue weighted by Crippen LogP contribution is -2.04. The fraction of sp³-hybridized carbons (Fsp3) is 0.102. The second-order valence-electron chi connectivity index (χ2n) is 15.9. The first-order valence-corrected chi connectivity index (χ1v) is 22.8. The Kier molecular flexibility index (Phi) is 11.4. The zero-order chi connectivity index (χ0) is 42.5. The number of aromatic nitrogens is 3. The second-order valence-corrected chi connectivity index (χ2v) is 17.0. The summed E-state index contributed by atoms with van der Waals surface area (Å²) in [5, 5.41) is 1.18. The summed E-state index contributed by atoms with van der Waals surface area (Å²) in [4.78, 5) is 16.7. The van der Waals surface area contributed by atoms with E-state index < -0.39 is 0 Å². The zero-order valence-corrected chi connectivity index (χ0v) is 36.4. The van der Waals surface area contributed by atoms with Crippen molar-refractivity contribution in [3.8, 4) is 55.5 Å². The lowest BCUT2D eigenvalue weighted by atomic mass is 9.77. The maximum absolute atomic E-state index is 5.25. The minimum atomic E-state index is 0.639. The van der Waals surface area contributed by atoms with Crippen molar-refractivity contribution in [3.05, 3.63) is 223 Å². The normalized spacial score (nSPS) is 14.2. The molecule has 0 bridgehead atoms. The van der Waals surface area contributed by atoms with Crippen LogP contribution in [-0.4, -0.2) is 15.0 Å². The molecule has 304 valence electrons. The molecule has 4 heteroatoms. The molecule has 0 saturated carbocycles. The summed E-state index contributed by atoms with van der Waals surface area (Å²) in [5.41, 5.74) is 16.4. The number of hydrogen-bond donors (Lipinski definition) is 0. The minimum absolute atomic E-state index is 0.639. The van der Waals surface area contributed by atoms with Crippen LogP contribution in [0, 0.1) is 0 Å². The monoisotopic (exact) mass is 829 g/mol. The summed E-state index contributed by atoms with van der Waals surface area (Å²) in [6.07, 6.45) is 22.6. The van der Waals surface area contributed by atoms with Crippen LogP contribution < -0.4 is 0 Å². The van der Waals surface area contributed by atoms with Gasteiger partial charge in [0.05, 0.1) is 4.88 Å². The largest absolute Gasteiger partial charge is 0.208 e. The third kappa shape index (κ3) is 8.02. The van der Waals surface area contributed by atoms with Crippen LogP contribution in [0.5, 0.6) is 0 Å². The van der Waals surface area contributed by atoms with Gasteiger partial charge in [-0.2, -0.15) is 0 Å². The molecule has 2 aliphatic carbocycles. The van der Waals surface area contributed by atoms with Gasteiger partial charge in [0.1, 0.15) is 0 Å². The van der Waals surface area contributed by atoms with Gasteiger partial charge in [-0.25, -0.2) is 15.0 Å². The molecule has 6 aromatic carbocycles. The van der Waals surface area contributed by atoms with Crippen molar-refractivity contribution < 1.29 is 0 Å². The Hall–Kier alpha value is -7.27. The third-order valence-electron chi connectivity index (χ3n) is 12.0. The molecule has 0 saturated heterocycles. The van der Waals surface area contributed by atoms with E-state index in [-0.39, 0.29) is 0 Å². The number of fused-ring (bicyclic) bond motifs is 1. The van der Waals surface area contributed by atoms with Gasteiger partial charge >= 0.3 is 0 Å². The van der Waals surface area contributed by atoms with Gasteiger partial charge in [-0.05, 0) is 130 Å². The average molecular weight is 830 g/mol. The van der Waals surface area contributed by atoms with E-state index >= 15 is 0 Å². The molecule has 2 heterocycles. The van der Waals surface area contributed by atoms with Crippen LogP contribution in [0.2, 0.25) is 0 Å². The van der Waals surface area contributed by atoms with E-state index in [1.54, 1.807) is 11.3 Å². The van der Waals surface area contributed by atoms with E-state index in [9.17, 15) is 0 Å². The number of nitrogens with zero attached hydrogens (tertiary/aromatic N) is 3. The van der Waals surface area contributed by atoms with Crippen molar-refractivity contribution in [1.29, 1.82) is 0 Å². The van der Waals surface area contributed by atoms with E-state index in [0.29, 0.717) is 17.5 Å². The molecule has 10 rings (SSSR count). The van der Waals surface area contributed by atoms with Crippen molar-refractivity contribution in [1.82, 2.24) is 15.0 Å². The Balaban J connectivity index is 1.18. The van der Waals surface area contributed by atoms with Crippen LogP contribution >= 0.6 is 11.3 Å². The zero-order valence-electron chi connectivity index (χ0n) is 35.6. The van der Waals surface area contributed by atoms with Crippen LogP contribution in [0.1, 0.15) is 62.0 Å². The Morgan fingerprint density at radius 3 is 1.70 bits per heavy atom. The molecule has 0 amide bonds. The molecule has 0 aliphatic heterocycles. The van der Waals surface area contributed by atoms with Gasteiger partial charge in [0.15, 0.2) is 17.5 Å².